The molecule has 0 bridgehead atoms. The molecule has 0 aromatic carbocycles. The number of likely N-dealkylation sites (tertiary alicyclic amines) is 1. The Morgan fingerprint density at radius 1 is 1.17 bits per heavy atom. The average molecular weight is 328 g/mol. The molecule has 2 aliphatic heterocycles. The van der Waals surface area contributed by atoms with E-state index in [0.717, 1.165) is 45.0 Å². The normalized spacial score (nSPS) is 21.3. The fraction of sp³-hybridized carbons (Fsp3) is 0.647. The third-order valence-electron chi connectivity index (χ3n) is 5.04. The number of hydrogen-bond donors (Lipinski definition) is 0. The Hall–Kier alpha value is -2.20. The molecule has 1 aromatic rings. The average Bonchev–Trinajstić information content (AvgIpc) is 2.68. The van der Waals surface area contributed by atoms with E-state index in [2.05, 4.69) is 25.8 Å². The lowest BCUT2D eigenvalue weighted by molar-refractivity contribution is -0.137. The van der Waals surface area contributed by atoms with E-state index >= 15 is 0 Å². The van der Waals surface area contributed by atoms with E-state index in [4.69, 9.17) is 5.26 Å². The molecule has 2 fully saturated rings. The molecule has 3 heterocycles. The lowest BCUT2D eigenvalue weighted by atomic mass is 9.97. The van der Waals surface area contributed by atoms with Gasteiger partial charge in [0.2, 0.25) is 11.9 Å². The summed E-state index contributed by atoms with van der Waals surface area (Å²) in [5.41, 5.74) is 0. The molecule has 2 saturated heterocycles. The number of carbonyl (C=O) groups excluding carboxylic acids is 1. The minimum absolute atomic E-state index is 0.107. The van der Waals surface area contributed by atoms with Gasteiger partial charge in [0, 0.05) is 57.6 Å². The lowest BCUT2D eigenvalue weighted by Gasteiger charge is -2.39. The number of hydrogen-bond acceptors (Lipinski definition) is 6. The lowest BCUT2D eigenvalue weighted by Crippen LogP contribution is -2.55. The van der Waals surface area contributed by atoms with Gasteiger partial charge in [-0.25, -0.2) is 9.97 Å². The first-order valence-electron chi connectivity index (χ1n) is 8.63. The second kappa shape index (κ2) is 7.58. The summed E-state index contributed by atoms with van der Waals surface area (Å²) in [4.78, 5) is 27.6. The Morgan fingerprint density at radius 2 is 1.79 bits per heavy atom. The Bertz CT molecular complexity index is 585. The van der Waals surface area contributed by atoms with E-state index in [1.807, 2.05) is 11.8 Å². The minimum Gasteiger partial charge on any atom is -0.338 e. The van der Waals surface area contributed by atoms with Crippen molar-refractivity contribution in [2.45, 2.75) is 25.8 Å². The smallest absolute Gasteiger partial charge is 0.239 e. The summed E-state index contributed by atoms with van der Waals surface area (Å²) in [6.07, 6.45) is 5.22. The Kier molecular flexibility index (Phi) is 5.26. The predicted octanol–water partition coefficient (Wildman–Crippen LogP) is 0.749. The van der Waals surface area contributed by atoms with Crippen molar-refractivity contribution in [1.82, 2.24) is 19.8 Å². The summed E-state index contributed by atoms with van der Waals surface area (Å²) in [6.45, 7) is 6.59. The predicted molar refractivity (Wildman–Crippen MR) is 90.2 cm³/mol. The van der Waals surface area contributed by atoms with Gasteiger partial charge in [-0.05, 0) is 25.8 Å². The molecule has 0 N–H and O–H groups in total. The van der Waals surface area contributed by atoms with Crippen molar-refractivity contribution in [3.05, 3.63) is 18.5 Å². The van der Waals surface area contributed by atoms with Gasteiger partial charge in [0.15, 0.2) is 0 Å². The van der Waals surface area contributed by atoms with Gasteiger partial charge < -0.3 is 9.80 Å². The van der Waals surface area contributed by atoms with Crippen LogP contribution in [0.1, 0.15) is 19.8 Å². The molecule has 128 valence electrons. The molecule has 1 amide bonds. The number of aromatic nitrogens is 2. The third-order valence-corrected chi connectivity index (χ3v) is 5.04. The number of nitriles is 1. The van der Waals surface area contributed by atoms with Crippen LogP contribution in [0.5, 0.6) is 0 Å². The molecule has 1 aromatic heterocycles. The number of amides is 1. The second-order valence-corrected chi connectivity index (χ2v) is 6.48. The van der Waals surface area contributed by atoms with Crippen LogP contribution < -0.4 is 4.90 Å². The SMILES string of the molecule is CC(C(=O)N1CCN(c2ncccn2)CC1)N1CCC(C#N)CC1. The van der Waals surface area contributed by atoms with Crippen LogP contribution in [0, 0.1) is 17.2 Å². The van der Waals surface area contributed by atoms with Gasteiger partial charge in [-0.1, -0.05) is 0 Å². The fourth-order valence-electron chi connectivity index (χ4n) is 3.42. The zero-order chi connectivity index (χ0) is 16.9. The zero-order valence-corrected chi connectivity index (χ0v) is 14.1. The van der Waals surface area contributed by atoms with Gasteiger partial charge in [0.05, 0.1) is 12.1 Å². The van der Waals surface area contributed by atoms with E-state index in [-0.39, 0.29) is 17.9 Å². The van der Waals surface area contributed by atoms with E-state index in [1.165, 1.54) is 0 Å². The monoisotopic (exact) mass is 328 g/mol. The first kappa shape index (κ1) is 16.7. The minimum atomic E-state index is -0.107. The number of piperidine rings is 1. The summed E-state index contributed by atoms with van der Waals surface area (Å²) >= 11 is 0. The molecule has 0 spiro atoms. The number of carbonyl (C=O) groups is 1. The molecular formula is C17H24N6O. The van der Waals surface area contributed by atoms with Gasteiger partial charge in [-0.15, -0.1) is 0 Å². The van der Waals surface area contributed by atoms with Crippen molar-refractivity contribution < 1.29 is 4.79 Å². The first-order valence-corrected chi connectivity index (χ1v) is 8.63. The summed E-state index contributed by atoms with van der Waals surface area (Å²) < 4.78 is 0. The molecule has 1 unspecified atom stereocenters. The molecule has 0 aliphatic carbocycles. The topological polar surface area (TPSA) is 76.4 Å². The highest BCUT2D eigenvalue weighted by molar-refractivity contribution is 5.81. The molecule has 24 heavy (non-hydrogen) atoms. The van der Waals surface area contributed by atoms with Gasteiger partial charge >= 0.3 is 0 Å². The molecule has 2 aliphatic rings. The van der Waals surface area contributed by atoms with Gasteiger partial charge in [0.1, 0.15) is 0 Å². The van der Waals surface area contributed by atoms with Gasteiger partial charge in [-0.3, -0.25) is 9.69 Å². The molecular weight excluding hydrogens is 304 g/mol. The van der Waals surface area contributed by atoms with Crippen molar-refractivity contribution >= 4 is 11.9 Å². The number of piperazine rings is 1. The highest BCUT2D eigenvalue weighted by Crippen LogP contribution is 2.19. The largest absolute Gasteiger partial charge is 0.338 e. The molecule has 1 atom stereocenters. The Morgan fingerprint density at radius 3 is 2.38 bits per heavy atom. The van der Waals surface area contributed by atoms with E-state index in [9.17, 15) is 4.79 Å². The molecule has 0 radical (unpaired) electrons. The quantitative estimate of drug-likeness (QED) is 0.815. The van der Waals surface area contributed by atoms with Crippen LogP contribution in [0.25, 0.3) is 0 Å². The molecule has 0 saturated carbocycles. The van der Waals surface area contributed by atoms with Crippen molar-refractivity contribution in [2.24, 2.45) is 5.92 Å². The van der Waals surface area contributed by atoms with Crippen LogP contribution in [-0.4, -0.2) is 71.0 Å². The number of anilines is 1. The van der Waals surface area contributed by atoms with E-state index in [0.29, 0.717) is 13.1 Å². The fourth-order valence-corrected chi connectivity index (χ4v) is 3.42. The summed E-state index contributed by atoms with van der Waals surface area (Å²) in [5, 5.41) is 8.99. The maximum absolute atomic E-state index is 12.8. The van der Waals surface area contributed by atoms with Crippen molar-refractivity contribution in [3.63, 3.8) is 0 Å². The first-order chi connectivity index (χ1) is 11.7. The zero-order valence-electron chi connectivity index (χ0n) is 14.1. The van der Waals surface area contributed by atoms with Crippen LogP contribution in [-0.2, 0) is 4.79 Å². The number of rotatable bonds is 3. The van der Waals surface area contributed by atoms with Gasteiger partial charge in [-0.2, -0.15) is 5.26 Å². The third kappa shape index (κ3) is 3.65. The Labute approximate surface area is 142 Å². The van der Waals surface area contributed by atoms with Crippen LogP contribution in [0.15, 0.2) is 18.5 Å². The van der Waals surface area contributed by atoms with Crippen LogP contribution in [0.2, 0.25) is 0 Å². The Balaban J connectivity index is 1.51. The molecule has 7 heteroatoms. The van der Waals surface area contributed by atoms with Crippen LogP contribution in [0.4, 0.5) is 5.95 Å². The van der Waals surface area contributed by atoms with Crippen molar-refractivity contribution in [2.75, 3.05) is 44.2 Å². The van der Waals surface area contributed by atoms with Gasteiger partial charge in [0.25, 0.3) is 0 Å². The molecule has 3 rings (SSSR count). The van der Waals surface area contributed by atoms with Crippen LogP contribution >= 0.6 is 0 Å². The summed E-state index contributed by atoms with van der Waals surface area (Å²) in [7, 11) is 0. The maximum Gasteiger partial charge on any atom is 0.239 e. The van der Waals surface area contributed by atoms with Crippen LogP contribution in [0.3, 0.4) is 0 Å². The highest BCUT2D eigenvalue weighted by Gasteiger charge is 2.31. The summed E-state index contributed by atoms with van der Waals surface area (Å²) in [6, 6.07) is 4.04. The second-order valence-electron chi connectivity index (χ2n) is 6.48. The summed E-state index contributed by atoms with van der Waals surface area (Å²) in [5.74, 6) is 1.08. The van der Waals surface area contributed by atoms with Crippen molar-refractivity contribution in [1.29, 1.82) is 5.26 Å². The van der Waals surface area contributed by atoms with E-state index < -0.39 is 0 Å². The maximum atomic E-state index is 12.8. The van der Waals surface area contributed by atoms with Crippen molar-refractivity contribution in [3.8, 4) is 6.07 Å². The molecule has 7 nitrogen and oxygen atoms in total. The van der Waals surface area contributed by atoms with E-state index in [1.54, 1.807) is 18.5 Å². The number of nitrogens with zero attached hydrogens (tertiary/aromatic N) is 6. The standard InChI is InChI=1S/C17H24N6O/c1-14(21-7-3-15(13-18)4-8-21)16(24)22-9-11-23(12-10-22)17-19-5-2-6-20-17/h2,5-6,14-15H,3-4,7-12H2,1H3. The highest BCUT2D eigenvalue weighted by atomic mass is 16.2.